The Morgan fingerprint density at radius 2 is 2.20 bits per heavy atom. The van der Waals surface area contributed by atoms with E-state index in [0.717, 1.165) is 11.8 Å². The van der Waals surface area contributed by atoms with Crippen molar-refractivity contribution in [2.24, 2.45) is 11.7 Å². The average Bonchev–Trinajstić information content (AvgIpc) is 2.94. The molecule has 3 rings (SSSR count). The van der Waals surface area contributed by atoms with Crippen LogP contribution in [-0.4, -0.2) is 35.4 Å². The first kappa shape index (κ1) is 12.9. The van der Waals surface area contributed by atoms with Gasteiger partial charge in [-0.3, -0.25) is 9.59 Å². The van der Waals surface area contributed by atoms with Gasteiger partial charge in [0.2, 0.25) is 5.56 Å². The van der Waals surface area contributed by atoms with Crippen LogP contribution in [0.25, 0.3) is 10.9 Å². The average molecular weight is 271 g/mol. The molecule has 1 aliphatic heterocycles. The second kappa shape index (κ2) is 5.09. The van der Waals surface area contributed by atoms with Gasteiger partial charge in [-0.1, -0.05) is 18.2 Å². The van der Waals surface area contributed by atoms with Crippen LogP contribution in [0.15, 0.2) is 35.1 Å². The molecule has 0 saturated carbocycles. The summed E-state index contributed by atoms with van der Waals surface area (Å²) in [5.41, 5.74) is 6.57. The minimum atomic E-state index is -0.248. The molecule has 3 N–H and O–H groups in total. The molecule has 1 aromatic heterocycles. The largest absolute Gasteiger partial charge is 0.338 e. The summed E-state index contributed by atoms with van der Waals surface area (Å²) >= 11 is 0. The molecule has 0 spiro atoms. The van der Waals surface area contributed by atoms with Crippen molar-refractivity contribution in [2.45, 2.75) is 6.42 Å². The number of aromatic amines is 1. The van der Waals surface area contributed by atoms with Crippen molar-refractivity contribution in [1.29, 1.82) is 0 Å². The SMILES string of the molecule is NCC1CCN(C(=O)c2cc(=O)[nH]c3ccccc23)C1. The zero-order valence-electron chi connectivity index (χ0n) is 11.1. The smallest absolute Gasteiger partial charge is 0.254 e. The van der Waals surface area contributed by atoms with E-state index in [0.29, 0.717) is 36.6 Å². The van der Waals surface area contributed by atoms with Crippen molar-refractivity contribution in [3.8, 4) is 0 Å². The number of nitrogens with one attached hydrogen (secondary N) is 1. The van der Waals surface area contributed by atoms with E-state index in [1.807, 2.05) is 18.2 Å². The number of hydrogen-bond acceptors (Lipinski definition) is 3. The highest BCUT2D eigenvalue weighted by molar-refractivity contribution is 6.06. The van der Waals surface area contributed by atoms with E-state index in [4.69, 9.17) is 5.73 Å². The third-order valence-corrected chi connectivity index (χ3v) is 3.89. The monoisotopic (exact) mass is 271 g/mol. The number of aromatic nitrogens is 1. The van der Waals surface area contributed by atoms with Gasteiger partial charge in [-0.15, -0.1) is 0 Å². The summed E-state index contributed by atoms with van der Waals surface area (Å²) in [5.74, 6) is 0.287. The number of likely N-dealkylation sites (tertiary alicyclic amines) is 1. The van der Waals surface area contributed by atoms with Crippen LogP contribution < -0.4 is 11.3 Å². The third kappa shape index (κ3) is 2.20. The molecule has 2 aromatic rings. The number of carbonyl (C=O) groups excluding carboxylic acids is 1. The molecule has 1 unspecified atom stereocenters. The molecule has 0 bridgehead atoms. The Morgan fingerprint density at radius 1 is 1.40 bits per heavy atom. The highest BCUT2D eigenvalue weighted by Crippen LogP contribution is 2.21. The molecule has 1 aliphatic rings. The van der Waals surface area contributed by atoms with Crippen molar-refractivity contribution < 1.29 is 4.79 Å². The molecule has 1 aromatic carbocycles. The van der Waals surface area contributed by atoms with Gasteiger partial charge in [0.05, 0.1) is 5.56 Å². The summed E-state index contributed by atoms with van der Waals surface area (Å²) in [6.45, 7) is 1.98. The topological polar surface area (TPSA) is 79.2 Å². The summed E-state index contributed by atoms with van der Waals surface area (Å²) in [4.78, 5) is 28.8. The fourth-order valence-corrected chi connectivity index (χ4v) is 2.76. The molecule has 5 nitrogen and oxygen atoms in total. The van der Waals surface area contributed by atoms with E-state index in [9.17, 15) is 9.59 Å². The second-order valence-corrected chi connectivity index (χ2v) is 5.23. The summed E-state index contributed by atoms with van der Waals surface area (Å²) in [5, 5.41) is 0.785. The van der Waals surface area contributed by atoms with Gasteiger partial charge in [-0.2, -0.15) is 0 Å². The number of amides is 1. The zero-order chi connectivity index (χ0) is 14.1. The number of rotatable bonds is 2. The van der Waals surface area contributed by atoms with Crippen LogP contribution in [0.5, 0.6) is 0 Å². The number of pyridine rings is 1. The fourth-order valence-electron chi connectivity index (χ4n) is 2.76. The second-order valence-electron chi connectivity index (χ2n) is 5.23. The highest BCUT2D eigenvalue weighted by Gasteiger charge is 2.27. The van der Waals surface area contributed by atoms with Crippen molar-refractivity contribution in [2.75, 3.05) is 19.6 Å². The standard InChI is InChI=1S/C15H17N3O2/c16-8-10-5-6-18(9-10)15(20)12-7-14(19)17-13-4-2-1-3-11(12)13/h1-4,7,10H,5-6,8-9,16H2,(H,17,19). The Labute approximate surface area is 116 Å². The zero-order valence-corrected chi connectivity index (χ0v) is 11.1. The lowest BCUT2D eigenvalue weighted by atomic mass is 10.1. The molecular weight excluding hydrogens is 254 g/mol. The maximum absolute atomic E-state index is 12.6. The molecule has 20 heavy (non-hydrogen) atoms. The number of carbonyl (C=O) groups is 1. The first-order valence-electron chi connectivity index (χ1n) is 6.80. The van der Waals surface area contributed by atoms with Crippen LogP contribution in [0.4, 0.5) is 0 Å². The van der Waals surface area contributed by atoms with Crippen LogP contribution in [-0.2, 0) is 0 Å². The number of benzene rings is 1. The Balaban J connectivity index is 2.02. The Kier molecular flexibility index (Phi) is 3.28. The van der Waals surface area contributed by atoms with Gasteiger partial charge >= 0.3 is 0 Å². The van der Waals surface area contributed by atoms with Crippen LogP contribution in [0, 0.1) is 5.92 Å². The Morgan fingerprint density at radius 3 is 2.95 bits per heavy atom. The molecule has 104 valence electrons. The number of fused-ring (bicyclic) bond motifs is 1. The van der Waals surface area contributed by atoms with Gasteiger partial charge in [0.15, 0.2) is 0 Å². The third-order valence-electron chi connectivity index (χ3n) is 3.89. The van der Waals surface area contributed by atoms with Crippen LogP contribution >= 0.6 is 0 Å². The molecule has 1 atom stereocenters. The fraction of sp³-hybridized carbons (Fsp3) is 0.333. The number of nitrogens with zero attached hydrogens (tertiary/aromatic N) is 1. The maximum atomic E-state index is 12.6. The Hall–Kier alpha value is -2.14. The highest BCUT2D eigenvalue weighted by atomic mass is 16.2. The van der Waals surface area contributed by atoms with Gasteiger partial charge in [0.25, 0.3) is 5.91 Å². The van der Waals surface area contributed by atoms with Crippen LogP contribution in [0.2, 0.25) is 0 Å². The van der Waals surface area contributed by atoms with E-state index < -0.39 is 0 Å². The summed E-state index contributed by atoms with van der Waals surface area (Å²) in [6.07, 6.45) is 0.934. The van der Waals surface area contributed by atoms with Gasteiger partial charge in [-0.05, 0) is 24.9 Å². The van der Waals surface area contributed by atoms with E-state index in [-0.39, 0.29) is 11.5 Å². The maximum Gasteiger partial charge on any atom is 0.254 e. The minimum Gasteiger partial charge on any atom is -0.338 e. The summed E-state index contributed by atoms with van der Waals surface area (Å²) in [7, 11) is 0. The lowest BCUT2D eigenvalue weighted by molar-refractivity contribution is 0.0789. The minimum absolute atomic E-state index is 0.0803. The summed E-state index contributed by atoms with van der Waals surface area (Å²) in [6, 6.07) is 8.76. The predicted molar refractivity (Wildman–Crippen MR) is 77.6 cm³/mol. The van der Waals surface area contributed by atoms with Crippen LogP contribution in [0.1, 0.15) is 16.8 Å². The molecule has 0 radical (unpaired) electrons. The number of para-hydroxylation sites is 1. The van der Waals surface area contributed by atoms with Gasteiger partial charge in [-0.25, -0.2) is 0 Å². The first-order valence-corrected chi connectivity index (χ1v) is 6.80. The molecule has 1 saturated heterocycles. The summed E-state index contributed by atoms with van der Waals surface area (Å²) < 4.78 is 0. The normalized spacial score (nSPS) is 18.6. The van der Waals surface area contributed by atoms with Crippen molar-refractivity contribution in [1.82, 2.24) is 9.88 Å². The van der Waals surface area contributed by atoms with Crippen molar-refractivity contribution in [3.05, 3.63) is 46.2 Å². The van der Waals surface area contributed by atoms with Crippen molar-refractivity contribution >= 4 is 16.8 Å². The van der Waals surface area contributed by atoms with Crippen LogP contribution in [0.3, 0.4) is 0 Å². The first-order chi connectivity index (χ1) is 9.69. The lowest BCUT2D eigenvalue weighted by Gasteiger charge is -2.17. The molecule has 2 heterocycles. The predicted octanol–water partition coefficient (Wildman–Crippen LogP) is 0.949. The van der Waals surface area contributed by atoms with Crippen molar-refractivity contribution in [3.63, 3.8) is 0 Å². The molecular formula is C15H17N3O2. The van der Waals surface area contributed by atoms with Gasteiger partial charge in [0.1, 0.15) is 0 Å². The van der Waals surface area contributed by atoms with E-state index in [1.54, 1.807) is 11.0 Å². The van der Waals surface area contributed by atoms with E-state index in [1.165, 1.54) is 6.07 Å². The lowest BCUT2D eigenvalue weighted by Crippen LogP contribution is -2.30. The molecule has 1 amide bonds. The van der Waals surface area contributed by atoms with Gasteiger partial charge in [0, 0.05) is 30.1 Å². The Bertz CT molecular complexity index is 708. The number of hydrogen-bond donors (Lipinski definition) is 2. The molecule has 0 aliphatic carbocycles. The quantitative estimate of drug-likeness (QED) is 0.853. The van der Waals surface area contributed by atoms with E-state index in [2.05, 4.69) is 4.98 Å². The number of nitrogens with two attached hydrogens (primary N) is 1. The number of H-pyrrole nitrogens is 1. The van der Waals surface area contributed by atoms with Gasteiger partial charge < -0.3 is 15.6 Å². The molecule has 5 heteroatoms. The van der Waals surface area contributed by atoms with E-state index >= 15 is 0 Å². The molecule has 1 fully saturated rings.